The monoisotopic (exact) mass is 512 g/mol. The summed E-state index contributed by atoms with van der Waals surface area (Å²) in [6.07, 6.45) is 0.772. The van der Waals surface area contributed by atoms with Gasteiger partial charge in [-0.2, -0.15) is 0 Å². The fourth-order valence-corrected chi connectivity index (χ4v) is 4.62. The van der Waals surface area contributed by atoms with Crippen LogP contribution in [0.3, 0.4) is 0 Å². The van der Waals surface area contributed by atoms with Crippen molar-refractivity contribution >= 4 is 3.90 Å². The summed E-state index contributed by atoms with van der Waals surface area (Å²) in [7, 11) is 0. The van der Waals surface area contributed by atoms with Gasteiger partial charge >= 0.3 is 204 Å². The van der Waals surface area contributed by atoms with Crippen molar-refractivity contribution in [2.24, 2.45) is 0 Å². The van der Waals surface area contributed by atoms with Crippen LogP contribution in [0.1, 0.15) is 65.2 Å². The zero-order valence-corrected chi connectivity index (χ0v) is 22.2. The van der Waals surface area contributed by atoms with Crippen LogP contribution in [0.15, 0.2) is 54.6 Å². The van der Waals surface area contributed by atoms with Crippen LogP contribution < -0.4 is 0 Å². The van der Waals surface area contributed by atoms with Crippen molar-refractivity contribution in [2.75, 3.05) is 0 Å². The molecule has 0 atom stereocenters. The van der Waals surface area contributed by atoms with E-state index < -0.39 is 0 Å². The van der Waals surface area contributed by atoms with Crippen molar-refractivity contribution in [2.45, 2.75) is 65.7 Å². The quantitative estimate of drug-likeness (QED) is 0.362. The predicted molar refractivity (Wildman–Crippen MR) is 132 cm³/mol. The Morgan fingerprint density at radius 1 is 0.656 bits per heavy atom. The molecule has 2 nitrogen and oxygen atoms in total. The molecule has 168 valence electrons. The zero-order valence-electron chi connectivity index (χ0n) is 20.2. The second-order valence-electron chi connectivity index (χ2n) is 10.6. The third-order valence-corrected chi connectivity index (χ3v) is 6.22. The van der Waals surface area contributed by atoms with Gasteiger partial charge in [-0.15, -0.1) is 0 Å². The number of rotatable bonds is 4. The fraction of sp³-hybridized carbons (Fsp3) is 0.345. The summed E-state index contributed by atoms with van der Waals surface area (Å²) in [6, 6.07) is 18.2. The van der Waals surface area contributed by atoms with Gasteiger partial charge in [0.05, 0.1) is 0 Å². The van der Waals surface area contributed by atoms with Crippen molar-refractivity contribution in [3.63, 3.8) is 0 Å². The molecule has 0 aromatic heterocycles. The van der Waals surface area contributed by atoms with Gasteiger partial charge in [0, 0.05) is 0 Å². The number of aromatic hydroxyl groups is 2. The first-order valence-corrected chi connectivity index (χ1v) is 12.1. The van der Waals surface area contributed by atoms with E-state index in [1.165, 1.54) is 3.90 Å². The molecule has 0 heterocycles. The molecule has 3 aromatic carbocycles. The van der Waals surface area contributed by atoms with Crippen LogP contribution in [-0.2, 0) is 36.6 Å². The number of phenols is 2. The SMILES string of the molecule is C[C](=[Mo])Cc1c(-c2cccc(C(C)(C)C)c2O)cccc1-c1cccc(C(C)(C)C)c1O. The molecule has 0 aliphatic carbocycles. The van der Waals surface area contributed by atoms with Crippen LogP contribution in [0.25, 0.3) is 22.3 Å². The van der Waals surface area contributed by atoms with E-state index in [4.69, 9.17) is 0 Å². The Morgan fingerprint density at radius 2 is 1.00 bits per heavy atom. The van der Waals surface area contributed by atoms with Crippen molar-refractivity contribution < 1.29 is 29.6 Å². The van der Waals surface area contributed by atoms with E-state index in [2.05, 4.69) is 60.6 Å². The summed E-state index contributed by atoms with van der Waals surface area (Å²) in [5.74, 6) is 0.668. The summed E-state index contributed by atoms with van der Waals surface area (Å²) in [5, 5.41) is 22.5. The van der Waals surface area contributed by atoms with Crippen LogP contribution in [-0.4, -0.2) is 14.1 Å². The van der Waals surface area contributed by atoms with Crippen LogP contribution in [0.5, 0.6) is 11.5 Å². The maximum atomic E-state index is 11.2. The molecule has 0 unspecified atom stereocenters. The van der Waals surface area contributed by atoms with Crippen LogP contribution >= 0.6 is 0 Å². The second-order valence-corrected chi connectivity index (χ2v) is 12.3. The first-order chi connectivity index (χ1) is 14.8. The molecule has 0 bridgehead atoms. The molecule has 3 aromatic rings. The molecule has 0 aliphatic heterocycles. The zero-order chi connectivity index (χ0) is 23.8. The summed E-state index contributed by atoms with van der Waals surface area (Å²) < 4.78 is 1.28. The van der Waals surface area contributed by atoms with E-state index in [9.17, 15) is 10.2 Å². The minimum atomic E-state index is -0.162. The average molecular weight is 511 g/mol. The number of para-hydroxylation sites is 2. The summed E-state index contributed by atoms with van der Waals surface area (Å²) in [5.41, 5.74) is 6.35. The van der Waals surface area contributed by atoms with Crippen molar-refractivity contribution in [3.8, 4) is 33.8 Å². The van der Waals surface area contributed by atoms with Gasteiger partial charge in [0.2, 0.25) is 0 Å². The molecular formula is C29H34MoO2. The Labute approximate surface area is 203 Å². The average Bonchev–Trinajstić information content (AvgIpc) is 2.67. The van der Waals surface area contributed by atoms with Gasteiger partial charge in [0.15, 0.2) is 0 Å². The molecule has 3 rings (SSSR count). The van der Waals surface area contributed by atoms with Gasteiger partial charge in [-0.05, 0) is 0 Å². The Hall–Kier alpha value is -2.18. The van der Waals surface area contributed by atoms with Crippen LogP contribution in [0, 0.1) is 0 Å². The van der Waals surface area contributed by atoms with Crippen molar-refractivity contribution in [3.05, 3.63) is 71.3 Å². The topological polar surface area (TPSA) is 40.5 Å². The Bertz CT molecular complexity index is 1080. The van der Waals surface area contributed by atoms with Crippen LogP contribution in [0.2, 0.25) is 0 Å². The van der Waals surface area contributed by atoms with E-state index in [-0.39, 0.29) is 10.8 Å². The van der Waals surface area contributed by atoms with Crippen molar-refractivity contribution in [1.29, 1.82) is 0 Å². The molecule has 3 heteroatoms. The maximum absolute atomic E-state index is 11.2. The first-order valence-electron chi connectivity index (χ1n) is 11.1. The molecule has 0 saturated carbocycles. The van der Waals surface area contributed by atoms with E-state index in [0.29, 0.717) is 11.5 Å². The van der Waals surface area contributed by atoms with E-state index in [0.717, 1.165) is 45.4 Å². The van der Waals surface area contributed by atoms with E-state index in [1.807, 2.05) is 61.8 Å². The molecule has 0 saturated heterocycles. The second kappa shape index (κ2) is 8.99. The summed E-state index contributed by atoms with van der Waals surface area (Å²) >= 11 is 2.04. The van der Waals surface area contributed by atoms with Gasteiger partial charge in [-0.3, -0.25) is 0 Å². The Kier molecular flexibility index (Phi) is 6.87. The third-order valence-electron chi connectivity index (χ3n) is 5.87. The van der Waals surface area contributed by atoms with E-state index in [1.54, 1.807) is 0 Å². The number of hydrogen-bond acceptors (Lipinski definition) is 2. The Morgan fingerprint density at radius 3 is 1.34 bits per heavy atom. The van der Waals surface area contributed by atoms with Crippen LogP contribution in [0.4, 0.5) is 0 Å². The van der Waals surface area contributed by atoms with Gasteiger partial charge in [0.25, 0.3) is 0 Å². The predicted octanol–water partition coefficient (Wildman–Crippen LogP) is 7.31. The fourth-order valence-electron chi connectivity index (χ4n) is 4.26. The molecule has 32 heavy (non-hydrogen) atoms. The molecule has 0 radical (unpaired) electrons. The van der Waals surface area contributed by atoms with Crippen molar-refractivity contribution in [1.82, 2.24) is 0 Å². The first kappa shape index (κ1) is 24.5. The normalized spacial score (nSPS) is 12.1. The number of phenolic OH excluding ortho intramolecular Hbond substituents is 2. The molecule has 0 fully saturated rings. The third kappa shape index (κ3) is 4.91. The van der Waals surface area contributed by atoms with Gasteiger partial charge in [-0.25, -0.2) is 0 Å². The number of hydrogen-bond donors (Lipinski definition) is 2. The molecule has 2 N–H and O–H groups in total. The summed E-state index contributed by atoms with van der Waals surface area (Å²) in [6.45, 7) is 14.8. The molecule has 0 aliphatic rings. The van der Waals surface area contributed by atoms with Gasteiger partial charge < -0.3 is 0 Å². The van der Waals surface area contributed by atoms with Gasteiger partial charge in [0.1, 0.15) is 0 Å². The molecule has 0 spiro atoms. The standard InChI is InChI=1S/C29H34O2.Mo/c1-8-12-19-20(22-15-10-17-24(26(22)30)28(2,3)4)13-9-14-21(19)23-16-11-18-25(27(23)31)29(5,6)7;/h9-11,13-18,30-31H,12H2,1-7H3;. The minimum absolute atomic E-state index is 0.162. The summed E-state index contributed by atoms with van der Waals surface area (Å²) in [4.78, 5) is 0. The van der Waals surface area contributed by atoms with Gasteiger partial charge in [-0.1, -0.05) is 0 Å². The Balaban J connectivity index is 2.33. The van der Waals surface area contributed by atoms with E-state index >= 15 is 0 Å². The molecular weight excluding hydrogens is 476 g/mol. The molecule has 0 amide bonds. The number of benzene rings is 3.